The summed E-state index contributed by atoms with van der Waals surface area (Å²) in [7, 11) is 0. The van der Waals surface area contributed by atoms with Crippen LogP contribution in [-0.2, 0) is 17.9 Å². The van der Waals surface area contributed by atoms with Gasteiger partial charge >= 0.3 is 0 Å². The second kappa shape index (κ2) is 5.07. The van der Waals surface area contributed by atoms with E-state index in [9.17, 15) is 4.79 Å². The van der Waals surface area contributed by atoms with E-state index < -0.39 is 11.4 Å². The van der Waals surface area contributed by atoms with Gasteiger partial charge in [0, 0.05) is 25.5 Å². The molecule has 4 N–H and O–H groups in total. The number of carbonyl (C=O) groups is 1. The Morgan fingerprint density at radius 2 is 2.33 bits per heavy atom. The Kier molecular flexibility index (Phi) is 3.68. The number of amides is 1. The maximum atomic E-state index is 11.1. The second-order valence-corrected chi connectivity index (χ2v) is 5.20. The summed E-state index contributed by atoms with van der Waals surface area (Å²) < 4.78 is 2.17. The van der Waals surface area contributed by atoms with Gasteiger partial charge in [0.05, 0.1) is 12.1 Å². The summed E-state index contributed by atoms with van der Waals surface area (Å²) in [5.74, 6) is 0.670. The number of aromatic nitrogens is 2. The third kappa shape index (κ3) is 2.88. The van der Waals surface area contributed by atoms with Crippen LogP contribution in [0.1, 0.15) is 25.6 Å². The second-order valence-electron chi connectivity index (χ2n) is 5.20. The Hall–Kier alpha value is -1.40. The molecule has 2 heterocycles. The van der Waals surface area contributed by atoms with Crippen molar-refractivity contribution >= 4 is 5.91 Å². The molecule has 0 radical (unpaired) electrons. The van der Waals surface area contributed by atoms with Crippen LogP contribution in [0.4, 0.5) is 0 Å². The Balaban J connectivity index is 1.78. The van der Waals surface area contributed by atoms with Crippen molar-refractivity contribution in [3.63, 3.8) is 0 Å². The van der Waals surface area contributed by atoms with Crippen LogP contribution in [-0.4, -0.2) is 39.0 Å². The fourth-order valence-corrected chi connectivity index (χ4v) is 2.21. The molecule has 0 aliphatic carbocycles. The first kappa shape index (κ1) is 13.0. The predicted molar refractivity (Wildman–Crippen MR) is 68.5 cm³/mol. The van der Waals surface area contributed by atoms with Crippen LogP contribution in [0.15, 0.2) is 12.4 Å². The first-order valence-electron chi connectivity index (χ1n) is 6.30. The van der Waals surface area contributed by atoms with E-state index in [1.807, 2.05) is 12.4 Å². The standard InChI is InChI=1S/C12H21N5O/c1-12(14,11(13)18)3-2-5-16-7-8-17-6-4-15-10(17)9-16/h4,6H,2-3,5,7-9,14H2,1H3,(H2,13,18). The average molecular weight is 251 g/mol. The number of imidazole rings is 1. The van der Waals surface area contributed by atoms with Gasteiger partial charge in [0.25, 0.3) is 0 Å². The maximum Gasteiger partial charge on any atom is 0.237 e. The first-order chi connectivity index (χ1) is 8.49. The number of hydrogen-bond donors (Lipinski definition) is 2. The smallest absolute Gasteiger partial charge is 0.237 e. The summed E-state index contributed by atoms with van der Waals surface area (Å²) in [6, 6.07) is 0. The molecule has 6 nitrogen and oxygen atoms in total. The molecule has 18 heavy (non-hydrogen) atoms. The normalized spacial score (nSPS) is 19.2. The van der Waals surface area contributed by atoms with Crippen molar-refractivity contribution in [1.29, 1.82) is 0 Å². The SMILES string of the molecule is CC(N)(CCCN1CCn2ccnc2C1)C(N)=O. The van der Waals surface area contributed by atoms with Crippen molar-refractivity contribution in [2.24, 2.45) is 11.5 Å². The van der Waals surface area contributed by atoms with Gasteiger partial charge in [0.2, 0.25) is 5.91 Å². The van der Waals surface area contributed by atoms with E-state index in [2.05, 4.69) is 14.5 Å². The van der Waals surface area contributed by atoms with E-state index in [0.29, 0.717) is 6.42 Å². The largest absolute Gasteiger partial charge is 0.368 e. The van der Waals surface area contributed by atoms with Crippen LogP contribution in [0.3, 0.4) is 0 Å². The van der Waals surface area contributed by atoms with E-state index in [4.69, 9.17) is 11.5 Å². The van der Waals surface area contributed by atoms with Gasteiger partial charge in [0.1, 0.15) is 5.82 Å². The highest BCUT2D eigenvalue weighted by Crippen LogP contribution is 2.13. The summed E-state index contributed by atoms with van der Waals surface area (Å²) in [5.41, 5.74) is 10.2. The molecule has 1 aliphatic heterocycles. The molecule has 100 valence electrons. The third-order valence-corrected chi connectivity index (χ3v) is 3.56. The molecule has 0 spiro atoms. The lowest BCUT2D eigenvalue weighted by Gasteiger charge is -2.28. The Morgan fingerprint density at radius 3 is 3.06 bits per heavy atom. The number of carbonyl (C=O) groups excluding carboxylic acids is 1. The highest BCUT2D eigenvalue weighted by Gasteiger charge is 2.25. The van der Waals surface area contributed by atoms with Gasteiger partial charge < -0.3 is 16.0 Å². The number of hydrogen-bond acceptors (Lipinski definition) is 4. The van der Waals surface area contributed by atoms with Crippen molar-refractivity contribution in [2.75, 3.05) is 13.1 Å². The van der Waals surface area contributed by atoms with Gasteiger partial charge in [-0.15, -0.1) is 0 Å². The number of fused-ring (bicyclic) bond motifs is 1. The van der Waals surface area contributed by atoms with Crippen molar-refractivity contribution in [3.05, 3.63) is 18.2 Å². The van der Waals surface area contributed by atoms with E-state index in [1.165, 1.54) is 0 Å². The van der Waals surface area contributed by atoms with Crippen molar-refractivity contribution < 1.29 is 4.79 Å². The van der Waals surface area contributed by atoms with Crippen LogP contribution in [0.5, 0.6) is 0 Å². The molecule has 1 atom stereocenters. The lowest BCUT2D eigenvalue weighted by molar-refractivity contribution is -0.122. The van der Waals surface area contributed by atoms with Gasteiger partial charge in [-0.25, -0.2) is 4.98 Å². The Labute approximate surface area is 107 Å². The zero-order valence-corrected chi connectivity index (χ0v) is 10.8. The zero-order valence-electron chi connectivity index (χ0n) is 10.8. The summed E-state index contributed by atoms with van der Waals surface area (Å²) in [5, 5.41) is 0. The van der Waals surface area contributed by atoms with Crippen LogP contribution in [0.2, 0.25) is 0 Å². The minimum atomic E-state index is -0.895. The van der Waals surface area contributed by atoms with Crippen LogP contribution in [0, 0.1) is 0 Å². The minimum Gasteiger partial charge on any atom is -0.368 e. The average Bonchev–Trinajstić information content (AvgIpc) is 2.75. The van der Waals surface area contributed by atoms with Crippen LogP contribution in [0.25, 0.3) is 0 Å². The van der Waals surface area contributed by atoms with Crippen LogP contribution < -0.4 is 11.5 Å². The molecule has 1 aromatic rings. The number of nitrogens with zero attached hydrogens (tertiary/aromatic N) is 3. The van der Waals surface area contributed by atoms with Gasteiger partial charge in [-0.1, -0.05) is 0 Å². The van der Waals surface area contributed by atoms with Gasteiger partial charge in [-0.2, -0.15) is 0 Å². The first-order valence-corrected chi connectivity index (χ1v) is 6.30. The molecule has 2 rings (SSSR count). The molecular formula is C12H21N5O. The van der Waals surface area contributed by atoms with Crippen molar-refractivity contribution in [2.45, 2.75) is 38.4 Å². The van der Waals surface area contributed by atoms with Gasteiger partial charge in [0.15, 0.2) is 0 Å². The lowest BCUT2D eigenvalue weighted by atomic mass is 9.96. The number of primary amides is 1. The Morgan fingerprint density at radius 1 is 1.56 bits per heavy atom. The van der Waals surface area contributed by atoms with Crippen molar-refractivity contribution in [3.8, 4) is 0 Å². The van der Waals surface area contributed by atoms with Gasteiger partial charge in [-0.05, 0) is 26.3 Å². The highest BCUT2D eigenvalue weighted by molar-refractivity contribution is 5.83. The number of rotatable bonds is 5. The topological polar surface area (TPSA) is 90.2 Å². The monoisotopic (exact) mass is 251 g/mol. The van der Waals surface area contributed by atoms with Crippen molar-refractivity contribution in [1.82, 2.24) is 14.5 Å². The number of nitrogens with two attached hydrogens (primary N) is 2. The minimum absolute atomic E-state index is 0.434. The molecular weight excluding hydrogens is 230 g/mol. The van der Waals surface area contributed by atoms with E-state index in [0.717, 1.165) is 38.4 Å². The maximum absolute atomic E-state index is 11.1. The molecule has 0 saturated heterocycles. The molecule has 0 aromatic carbocycles. The molecule has 6 heteroatoms. The van der Waals surface area contributed by atoms with Crippen LogP contribution >= 0.6 is 0 Å². The third-order valence-electron chi connectivity index (χ3n) is 3.56. The van der Waals surface area contributed by atoms with Gasteiger partial charge in [-0.3, -0.25) is 9.69 Å². The summed E-state index contributed by atoms with van der Waals surface area (Å²) in [4.78, 5) is 17.7. The molecule has 1 aromatic heterocycles. The molecule has 1 unspecified atom stereocenters. The molecule has 1 amide bonds. The summed E-state index contributed by atoms with van der Waals surface area (Å²) >= 11 is 0. The fraction of sp³-hybridized carbons (Fsp3) is 0.667. The molecule has 0 fully saturated rings. The van der Waals surface area contributed by atoms with E-state index in [1.54, 1.807) is 6.92 Å². The van der Waals surface area contributed by atoms with E-state index in [-0.39, 0.29) is 0 Å². The zero-order chi connectivity index (χ0) is 13.2. The summed E-state index contributed by atoms with van der Waals surface area (Å²) in [6.07, 6.45) is 5.34. The fourth-order valence-electron chi connectivity index (χ4n) is 2.21. The highest BCUT2D eigenvalue weighted by atomic mass is 16.1. The predicted octanol–water partition coefficient (Wildman–Crippen LogP) is -0.318. The lowest BCUT2D eigenvalue weighted by Crippen LogP contribution is -2.49. The molecule has 0 bridgehead atoms. The molecule has 0 saturated carbocycles. The molecule has 1 aliphatic rings. The Bertz CT molecular complexity index is 426. The van der Waals surface area contributed by atoms with E-state index >= 15 is 0 Å². The quantitative estimate of drug-likeness (QED) is 0.750. The summed E-state index contributed by atoms with van der Waals surface area (Å²) in [6.45, 7) is 5.47.